The Kier molecular flexibility index (Phi) is 3.49. The van der Waals surface area contributed by atoms with E-state index in [0.717, 1.165) is 11.9 Å². The van der Waals surface area contributed by atoms with Gasteiger partial charge in [-0.25, -0.2) is 0 Å². The summed E-state index contributed by atoms with van der Waals surface area (Å²) in [4.78, 5) is 2.58. The molecule has 1 atom stereocenters. The maximum atomic E-state index is 2.58. The first kappa shape index (κ1) is 10.1. The van der Waals surface area contributed by atoms with Crippen molar-refractivity contribution >= 4 is 11.8 Å². The second kappa shape index (κ2) is 4.85. The van der Waals surface area contributed by atoms with Crippen LogP contribution < -0.4 is 0 Å². The molecule has 76 valence electrons. The number of hydrogen-bond acceptors (Lipinski definition) is 2. The van der Waals surface area contributed by atoms with Crippen LogP contribution in [0.25, 0.3) is 0 Å². The summed E-state index contributed by atoms with van der Waals surface area (Å²) in [5.74, 6) is 0. The molecule has 0 aromatic heterocycles. The molecule has 1 unspecified atom stereocenters. The van der Waals surface area contributed by atoms with Crippen molar-refractivity contribution in [2.24, 2.45) is 0 Å². The summed E-state index contributed by atoms with van der Waals surface area (Å²) < 4.78 is 0. The van der Waals surface area contributed by atoms with Crippen LogP contribution in [0.15, 0.2) is 30.3 Å². The monoisotopic (exact) mass is 207 g/mol. The summed E-state index contributed by atoms with van der Waals surface area (Å²) in [5.41, 5.74) is 1.44. The molecule has 1 aromatic rings. The zero-order valence-corrected chi connectivity index (χ0v) is 9.46. The van der Waals surface area contributed by atoms with Crippen molar-refractivity contribution in [3.63, 3.8) is 0 Å². The van der Waals surface area contributed by atoms with Crippen LogP contribution in [0.4, 0.5) is 0 Å². The van der Waals surface area contributed by atoms with E-state index in [1.54, 1.807) is 0 Å². The van der Waals surface area contributed by atoms with Crippen LogP contribution in [-0.4, -0.2) is 23.1 Å². The van der Waals surface area contributed by atoms with Crippen molar-refractivity contribution in [1.29, 1.82) is 0 Å². The molecule has 1 saturated heterocycles. The lowest BCUT2D eigenvalue weighted by Gasteiger charge is -2.22. The summed E-state index contributed by atoms with van der Waals surface area (Å²) in [6.45, 7) is 2.38. The first-order valence-corrected chi connectivity index (χ1v) is 6.49. The summed E-state index contributed by atoms with van der Waals surface area (Å²) in [7, 11) is 0. The molecular weight excluding hydrogens is 190 g/mol. The number of benzene rings is 1. The minimum atomic E-state index is 0.746. The predicted octanol–water partition coefficient (Wildman–Crippen LogP) is 2.97. The molecule has 1 fully saturated rings. The molecule has 0 N–H and O–H groups in total. The minimum Gasteiger partial charge on any atom is -0.287 e. The average molecular weight is 207 g/mol. The van der Waals surface area contributed by atoms with Gasteiger partial charge in [0.25, 0.3) is 0 Å². The van der Waals surface area contributed by atoms with Crippen LogP contribution in [0.2, 0.25) is 0 Å². The Balaban J connectivity index is 1.97. The molecule has 0 radical (unpaired) electrons. The van der Waals surface area contributed by atoms with E-state index in [9.17, 15) is 0 Å². The molecule has 0 amide bonds. The van der Waals surface area contributed by atoms with Gasteiger partial charge in [0.2, 0.25) is 0 Å². The molecule has 0 saturated carbocycles. The van der Waals surface area contributed by atoms with Gasteiger partial charge in [0.05, 0.1) is 5.37 Å². The molecule has 1 aliphatic rings. The van der Waals surface area contributed by atoms with Gasteiger partial charge >= 0.3 is 0 Å². The molecule has 0 spiro atoms. The smallest absolute Gasteiger partial charge is 0.0558 e. The molecule has 0 bridgehead atoms. The molecule has 2 rings (SSSR count). The molecule has 1 nitrogen and oxygen atoms in total. The van der Waals surface area contributed by atoms with Crippen LogP contribution in [0.1, 0.15) is 18.4 Å². The third-order valence-electron chi connectivity index (χ3n) is 2.80. The number of likely N-dealkylation sites (tertiary alicyclic amines) is 1. The number of thioether (sulfide) groups is 1. The highest BCUT2D eigenvalue weighted by molar-refractivity contribution is 7.99. The van der Waals surface area contributed by atoms with E-state index in [4.69, 9.17) is 0 Å². The highest BCUT2D eigenvalue weighted by Crippen LogP contribution is 2.26. The summed E-state index contributed by atoms with van der Waals surface area (Å²) >= 11 is 1.99. The lowest BCUT2D eigenvalue weighted by molar-refractivity contribution is 0.309. The Morgan fingerprint density at radius 2 is 2.14 bits per heavy atom. The van der Waals surface area contributed by atoms with Gasteiger partial charge in [-0.15, -0.1) is 11.8 Å². The molecular formula is C12H17NS. The number of hydrogen-bond donors (Lipinski definition) is 0. The van der Waals surface area contributed by atoms with E-state index in [2.05, 4.69) is 41.5 Å². The quantitative estimate of drug-likeness (QED) is 0.749. The van der Waals surface area contributed by atoms with Crippen LogP contribution in [0.5, 0.6) is 0 Å². The van der Waals surface area contributed by atoms with Crippen molar-refractivity contribution in [2.75, 3.05) is 12.8 Å². The van der Waals surface area contributed by atoms with Gasteiger partial charge < -0.3 is 0 Å². The highest BCUT2D eigenvalue weighted by atomic mass is 32.2. The van der Waals surface area contributed by atoms with Crippen molar-refractivity contribution < 1.29 is 0 Å². The first-order valence-electron chi connectivity index (χ1n) is 5.21. The second-order valence-corrected chi connectivity index (χ2v) is 4.80. The summed E-state index contributed by atoms with van der Waals surface area (Å²) in [5, 5.41) is 0.746. The third kappa shape index (κ3) is 2.31. The van der Waals surface area contributed by atoms with E-state index in [0.29, 0.717) is 0 Å². The van der Waals surface area contributed by atoms with Crippen molar-refractivity contribution in [2.45, 2.75) is 24.8 Å². The van der Waals surface area contributed by atoms with Gasteiger partial charge in [0, 0.05) is 6.54 Å². The zero-order chi connectivity index (χ0) is 9.80. The normalized spacial score (nSPS) is 22.8. The molecule has 1 aliphatic heterocycles. The fourth-order valence-electron chi connectivity index (χ4n) is 2.06. The lowest BCUT2D eigenvalue weighted by atomic mass is 10.2. The fraction of sp³-hybridized carbons (Fsp3) is 0.500. The van der Waals surface area contributed by atoms with E-state index in [-0.39, 0.29) is 0 Å². The maximum absolute atomic E-state index is 2.58. The van der Waals surface area contributed by atoms with E-state index < -0.39 is 0 Å². The van der Waals surface area contributed by atoms with Crippen LogP contribution in [0.3, 0.4) is 0 Å². The van der Waals surface area contributed by atoms with Gasteiger partial charge in [-0.05, 0) is 31.2 Å². The maximum Gasteiger partial charge on any atom is 0.0558 e. The van der Waals surface area contributed by atoms with E-state index in [1.807, 2.05) is 11.8 Å². The Labute approximate surface area is 90.5 Å². The van der Waals surface area contributed by atoms with Gasteiger partial charge in [0.15, 0.2) is 0 Å². The second-order valence-electron chi connectivity index (χ2n) is 3.79. The first-order chi connectivity index (χ1) is 6.90. The predicted molar refractivity (Wildman–Crippen MR) is 63.4 cm³/mol. The van der Waals surface area contributed by atoms with E-state index >= 15 is 0 Å². The average Bonchev–Trinajstić information content (AvgIpc) is 2.67. The van der Waals surface area contributed by atoms with Gasteiger partial charge in [-0.1, -0.05) is 30.3 Å². The summed E-state index contributed by atoms with van der Waals surface area (Å²) in [6.07, 6.45) is 4.93. The standard InChI is InChI=1S/C12H17NS/c1-14-12-8-5-9-13(12)10-11-6-3-2-4-7-11/h2-4,6-7,12H,5,8-10H2,1H3. The topological polar surface area (TPSA) is 3.24 Å². The zero-order valence-electron chi connectivity index (χ0n) is 8.65. The Hall–Kier alpha value is -0.470. The Morgan fingerprint density at radius 3 is 2.86 bits per heavy atom. The van der Waals surface area contributed by atoms with Crippen LogP contribution in [0, 0.1) is 0 Å². The van der Waals surface area contributed by atoms with E-state index in [1.165, 1.54) is 24.9 Å². The van der Waals surface area contributed by atoms with Gasteiger partial charge in [-0.2, -0.15) is 0 Å². The number of rotatable bonds is 3. The molecule has 14 heavy (non-hydrogen) atoms. The number of nitrogens with zero attached hydrogens (tertiary/aromatic N) is 1. The molecule has 1 heterocycles. The lowest BCUT2D eigenvalue weighted by Crippen LogP contribution is -2.25. The molecule has 0 aliphatic carbocycles. The third-order valence-corrected chi connectivity index (χ3v) is 3.88. The van der Waals surface area contributed by atoms with Gasteiger partial charge in [-0.3, -0.25) is 4.90 Å². The Morgan fingerprint density at radius 1 is 1.36 bits per heavy atom. The molecule has 1 aromatic carbocycles. The minimum absolute atomic E-state index is 0.746. The van der Waals surface area contributed by atoms with Crippen LogP contribution >= 0.6 is 11.8 Å². The van der Waals surface area contributed by atoms with Crippen molar-refractivity contribution in [3.05, 3.63) is 35.9 Å². The highest BCUT2D eigenvalue weighted by Gasteiger charge is 2.22. The largest absolute Gasteiger partial charge is 0.287 e. The Bertz CT molecular complexity index is 273. The fourth-order valence-corrected chi connectivity index (χ4v) is 2.94. The molecule has 2 heteroatoms. The van der Waals surface area contributed by atoms with Crippen molar-refractivity contribution in [1.82, 2.24) is 4.90 Å². The summed E-state index contributed by atoms with van der Waals surface area (Å²) in [6, 6.07) is 10.8. The van der Waals surface area contributed by atoms with Crippen LogP contribution in [-0.2, 0) is 6.54 Å². The van der Waals surface area contributed by atoms with Gasteiger partial charge in [0.1, 0.15) is 0 Å². The van der Waals surface area contributed by atoms with Crippen molar-refractivity contribution in [3.8, 4) is 0 Å². The SMILES string of the molecule is CSC1CCCN1Cc1ccccc1.